The SMILES string of the molecule is CC1(C)COc2ccc(C(Br)Cc3ccccc3)cc21. The molecule has 0 fully saturated rings. The molecule has 0 spiro atoms. The average molecular weight is 331 g/mol. The summed E-state index contributed by atoms with van der Waals surface area (Å²) < 4.78 is 5.75. The minimum atomic E-state index is 0.116. The van der Waals surface area contributed by atoms with Crippen LogP contribution in [-0.4, -0.2) is 6.61 Å². The molecule has 2 heteroatoms. The van der Waals surface area contributed by atoms with E-state index in [-0.39, 0.29) is 5.41 Å². The maximum absolute atomic E-state index is 5.75. The maximum atomic E-state index is 5.75. The summed E-state index contributed by atoms with van der Waals surface area (Å²) in [5.41, 5.74) is 4.12. The number of fused-ring (bicyclic) bond motifs is 1. The van der Waals surface area contributed by atoms with E-state index in [1.807, 2.05) is 0 Å². The van der Waals surface area contributed by atoms with Gasteiger partial charge in [-0.2, -0.15) is 0 Å². The van der Waals surface area contributed by atoms with Crippen LogP contribution in [0.3, 0.4) is 0 Å². The molecule has 0 aliphatic carbocycles. The van der Waals surface area contributed by atoms with Gasteiger partial charge in [0.05, 0.1) is 6.61 Å². The third-order valence-electron chi connectivity index (χ3n) is 3.94. The van der Waals surface area contributed by atoms with E-state index in [0.29, 0.717) is 4.83 Å². The molecule has 0 saturated carbocycles. The highest BCUT2D eigenvalue weighted by Gasteiger charge is 2.32. The second-order valence-electron chi connectivity index (χ2n) is 6.09. The first-order valence-corrected chi connectivity index (χ1v) is 7.93. The molecule has 0 amide bonds. The van der Waals surface area contributed by atoms with Crippen molar-refractivity contribution in [2.75, 3.05) is 6.61 Å². The largest absolute Gasteiger partial charge is 0.492 e. The zero-order chi connectivity index (χ0) is 14.2. The summed E-state index contributed by atoms with van der Waals surface area (Å²) in [5, 5.41) is 0. The molecule has 104 valence electrons. The molecule has 0 bridgehead atoms. The number of benzene rings is 2. The monoisotopic (exact) mass is 330 g/mol. The Morgan fingerprint density at radius 2 is 1.90 bits per heavy atom. The molecular formula is C18H19BrO. The van der Waals surface area contributed by atoms with Crippen LogP contribution < -0.4 is 4.74 Å². The lowest BCUT2D eigenvalue weighted by atomic mass is 9.85. The van der Waals surface area contributed by atoms with Crippen molar-refractivity contribution in [3.05, 3.63) is 65.2 Å². The Balaban J connectivity index is 1.85. The van der Waals surface area contributed by atoms with Crippen molar-refractivity contribution in [2.45, 2.75) is 30.5 Å². The van der Waals surface area contributed by atoms with E-state index >= 15 is 0 Å². The zero-order valence-electron chi connectivity index (χ0n) is 11.9. The van der Waals surface area contributed by atoms with E-state index < -0.39 is 0 Å². The first kappa shape index (κ1) is 13.7. The quantitative estimate of drug-likeness (QED) is 0.717. The first-order valence-electron chi connectivity index (χ1n) is 7.01. The van der Waals surface area contributed by atoms with Crippen LogP contribution in [-0.2, 0) is 11.8 Å². The molecule has 0 radical (unpaired) electrons. The molecular weight excluding hydrogens is 312 g/mol. The van der Waals surface area contributed by atoms with Crippen LogP contribution in [0.5, 0.6) is 5.75 Å². The van der Waals surface area contributed by atoms with Gasteiger partial charge in [0.2, 0.25) is 0 Å². The fraction of sp³-hybridized carbons (Fsp3) is 0.333. The normalized spacial score (nSPS) is 17.4. The fourth-order valence-corrected chi connectivity index (χ4v) is 3.33. The molecule has 3 rings (SSSR count). The van der Waals surface area contributed by atoms with E-state index in [4.69, 9.17) is 4.74 Å². The van der Waals surface area contributed by atoms with Crippen LogP contribution in [0.25, 0.3) is 0 Å². The Labute approximate surface area is 129 Å². The Morgan fingerprint density at radius 3 is 2.65 bits per heavy atom. The number of hydrogen-bond acceptors (Lipinski definition) is 1. The van der Waals surface area contributed by atoms with Gasteiger partial charge in [0, 0.05) is 15.8 Å². The Kier molecular flexibility index (Phi) is 3.59. The molecule has 1 aliphatic rings. The third kappa shape index (κ3) is 2.62. The molecule has 0 saturated heterocycles. The predicted octanol–water partition coefficient (Wildman–Crippen LogP) is 5.04. The molecule has 0 aromatic heterocycles. The summed E-state index contributed by atoms with van der Waals surface area (Å²) in [6.07, 6.45) is 1.00. The maximum Gasteiger partial charge on any atom is 0.123 e. The van der Waals surface area contributed by atoms with E-state index in [9.17, 15) is 0 Å². The van der Waals surface area contributed by atoms with E-state index in [1.54, 1.807) is 0 Å². The van der Waals surface area contributed by atoms with Crippen molar-refractivity contribution in [1.29, 1.82) is 0 Å². The highest BCUT2D eigenvalue weighted by atomic mass is 79.9. The second-order valence-corrected chi connectivity index (χ2v) is 7.19. The molecule has 1 heterocycles. The predicted molar refractivity (Wildman–Crippen MR) is 86.8 cm³/mol. The zero-order valence-corrected chi connectivity index (χ0v) is 13.5. The van der Waals surface area contributed by atoms with Gasteiger partial charge in [-0.25, -0.2) is 0 Å². The standard InChI is InChI=1S/C18H19BrO/c1-18(2)12-20-17-9-8-14(11-15(17)18)16(19)10-13-6-4-3-5-7-13/h3-9,11,16H,10,12H2,1-2H3. The molecule has 2 aromatic rings. The molecule has 0 N–H and O–H groups in total. The molecule has 2 aromatic carbocycles. The van der Waals surface area contributed by atoms with Crippen molar-refractivity contribution in [1.82, 2.24) is 0 Å². The van der Waals surface area contributed by atoms with Crippen LogP contribution in [0.15, 0.2) is 48.5 Å². The van der Waals surface area contributed by atoms with Gasteiger partial charge < -0.3 is 4.74 Å². The topological polar surface area (TPSA) is 9.23 Å². The Hall–Kier alpha value is -1.28. The van der Waals surface area contributed by atoms with Gasteiger partial charge in [-0.05, 0) is 23.6 Å². The smallest absolute Gasteiger partial charge is 0.123 e. The summed E-state index contributed by atoms with van der Waals surface area (Å²) in [6, 6.07) is 17.2. The highest BCUT2D eigenvalue weighted by Crippen LogP contribution is 2.41. The number of halogens is 1. The minimum Gasteiger partial charge on any atom is -0.492 e. The van der Waals surface area contributed by atoms with Crippen LogP contribution in [0.1, 0.15) is 35.4 Å². The van der Waals surface area contributed by atoms with Crippen molar-refractivity contribution in [2.24, 2.45) is 0 Å². The van der Waals surface area contributed by atoms with E-state index in [0.717, 1.165) is 18.8 Å². The van der Waals surface area contributed by atoms with Gasteiger partial charge >= 0.3 is 0 Å². The lowest BCUT2D eigenvalue weighted by molar-refractivity contribution is 0.291. The van der Waals surface area contributed by atoms with Crippen LogP contribution in [0, 0.1) is 0 Å². The van der Waals surface area contributed by atoms with Crippen LogP contribution in [0.4, 0.5) is 0 Å². The number of hydrogen-bond donors (Lipinski definition) is 0. The van der Waals surface area contributed by atoms with E-state index in [2.05, 4.69) is 78.3 Å². The van der Waals surface area contributed by atoms with Gasteiger partial charge in [-0.15, -0.1) is 0 Å². The number of ether oxygens (including phenoxy) is 1. The molecule has 1 aliphatic heterocycles. The number of rotatable bonds is 3. The van der Waals surface area contributed by atoms with Gasteiger partial charge in [-0.3, -0.25) is 0 Å². The molecule has 1 unspecified atom stereocenters. The molecule has 1 nitrogen and oxygen atoms in total. The number of alkyl halides is 1. The fourth-order valence-electron chi connectivity index (χ4n) is 2.67. The lowest BCUT2D eigenvalue weighted by Gasteiger charge is -2.17. The second kappa shape index (κ2) is 5.25. The lowest BCUT2D eigenvalue weighted by Crippen LogP contribution is -2.18. The van der Waals surface area contributed by atoms with Gasteiger partial charge in [0.1, 0.15) is 5.75 Å². The van der Waals surface area contributed by atoms with Crippen molar-refractivity contribution >= 4 is 15.9 Å². The first-order chi connectivity index (χ1) is 9.56. The third-order valence-corrected chi connectivity index (χ3v) is 4.79. The Bertz CT molecular complexity index is 604. The Morgan fingerprint density at radius 1 is 1.15 bits per heavy atom. The summed E-state index contributed by atoms with van der Waals surface area (Å²) >= 11 is 3.83. The van der Waals surface area contributed by atoms with Gasteiger partial charge in [0.25, 0.3) is 0 Å². The summed E-state index contributed by atoms with van der Waals surface area (Å²) in [5.74, 6) is 1.04. The highest BCUT2D eigenvalue weighted by molar-refractivity contribution is 9.09. The van der Waals surface area contributed by atoms with Crippen molar-refractivity contribution in [3.63, 3.8) is 0 Å². The summed E-state index contributed by atoms with van der Waals surface area (Å²) in [7, 11) is 0. The molecule has 1 atom stereocenters. The summed E-state index contributed by atoms with van der Waals surface area (Å²) in [4.78, 5) is 0.339. The van der Waals surface area contributed by atoms with Crippen LogP contribution in [0.2, 0.25) is 0 Å². The van der Waals surface area contributed by atoms with Crippen LogP contribution >= 0.6 is 15.9 Å². The van der Waals surface area contributed by atoms with Crippen molar-refractivity contribution in [3.8, 4) is 5.75 Å². The average Bonchev–Trinajstić information content (AvgIpc) is 2.75. The minimum absolute atomic E-state index is 0.116. The van der Waals surface area contributed by atoms with Crippen molar-refractivity contribution < 1.29 is 4.74 Å². The summed E-state index contributed by atoms with van der Waals surface area (Å²) in [6.45, 7) is 5.25. The van der Waals surface area contributed by atoms with Gasteiger partial charge in [-0.1, -0.05) is 72.2 Å². The van der Waals surface area contributed by atoms with E-state index in [1.165, 1.54) is 16.7 Å². The molecule has 20 heavy (non-hydrogen) atoms. The van der Waals surface area contributed by atoms with Gasteiger partial charge in [0.15, 0.2) is 0 Å².